The molecule has 178 valence electrons. The molecule has 0 unspecified atom stereocenters. The van der Waals surface area contributed by atoms with Gasteiger partial charge in [0.15, 0.2) is 0 Å². The first kappa shape index (κ1) is 23.9. The molecule has 1 fully saturated rings. The van der Waals surface area contributed by atoms with Crippen molar-refractivity contribution < 1.29 is 17.9 Å². The van der Waals surface area contributed by atoms with Crippen molar-refractivity contribution in [3.63, 3.8) is 0 Å². The maximum Gasteiger partial charge on any atom is 0.251 e. The van der Waals surface area contributed by atoms with Gasteiger partial charge in [-0.15, -0.1) is 0 Å². The minimum atomic E-state index is -3.45. The van der Waals surface area contributed by atoms with Crippen LogP contribution in [0.5, 0.6) is 5.75 Å². The van der Waals surface area contributed by atoms with Crippen LogP contribution in [0, 0.1) is 0 Å². The third-order valence-corrected chi connectivity index (χ3v) is 7.88. The van der Waals surface area contributed by atoms with Crippen molar-refractivity contribution in [2.75, 3.05) is 33.3 Å². The van der Waals surface area contributed by atoms with Gasteiger partial charge in [0.05, 0.1) is 12.0 Å². The summed E-state index contributed by atoms with van der Waals surface area (Å²) in [6.07, 6.45) is 0. The highest BCUT2D eigenvalue weighted by molar-refractivity contribution is 7.89. The Kier molecular flexibility index (Phi) is 7.62. The van der Waals surface area contributed by atoms with Gasteiger partial charge in [0.2, 0.25) is 10.0 Å². The number of para-hydroxylation sites is 1. The first-order valence-electron chi connectivity index (χ1n) is 11.2. The molecular formula is C26H29N3O4S. The smallest absolute Gasteiger partial charge is 0.251 e. The highest BCUT2D eigenvalue weighted by Crippen LogP contribution is 2.19. The van der Waals surface area contributed by atoms with E-state index in [-0.39, 0.29) is 5.91 Å². The van der Waals surface area contributed by atoms with Crippen LogP contribution in [0.2, 0.25) is 0 Å². The summed E-state index contributed by atoms with van der Waals surface area (Å²) < 4.78 is 32.5. The van der Waals surface area contributed by atoms with Gasteiger partial charge >= 0.3 is 0 Å². The van der Waals surface area contributed by atoms with E-state index in [1.807, 2.05) is 54.6 Å². The number of piperazine rings is 1. The monoisotopic (exact) mass is 479 g/mol. The SMILES string of the molecule is COc1ccccc1CNC(=O)c1ccc(CN2CCN(S(=O)(=O)c3ccccc3)CC2)cc1. The second-order valence-corrected chi connectivity index (χ2v) is 10.1. The number of sulfonamides is 1. The minimum Gasteiger partial charge on any atom is -0.496 e. The molecule has 0 aromatic heterocycles. The molecule has 4 rings (SSSR count). The van der Waals surface area contributed by atoms with Gasteiger partial charge in [-0.1, -0.05) is 48.5 Å². The lowest BCUT2D eigenvalue weighted by Gasteiger charge is -2.34. The van der Waals surface area contributed by atoms with E-state index < -0.39 is 10.0 Å². The van der Waals surface area contributed by atoms with E-state index >= 15 is 0 Å². The number of hydrogen-bond acceptors (Lipinski definition) is 5. The Morgan fingerprint density at radius 2 is 1.53 bits per heavy atom. The highest BCUT2D eigenvalue weighted by atomic mass is 32.2. The van der Waals surface area contributed by atoms with Gasteiger partial charge in [0.25, 0.3) is 5.91 Å². The Morgan fingerprint density at radius 3 is 2.21 bits per heavy atom. The van der Waals surface area contributed by atoms with Crippen molar-refractivity contribution in [1.82, 2.24) is 14.5 Å². The summed E-state index contributed by atoms with van der Waals surface area (Å²) in [5.74, 6) is 0.604. The average molecular weight is 480 g/mol. The predicted molar refractivity (Wildman–Crippen MR) is 131 cm³/mol. The molecule has 1 saturated heterocycles. The first-order chi connectivity index (χ1) is 16.5. The van der Waals surface area contributed by atoms with Gasteiger partial charge in [-0.2, -0.15) is 4.31 Å². The average Bonchev–Trinajstić information content (AvgIpc) is 2.88. The van der Waals surface area contributed by atoms with Gasteiger partial charge in [-0.25, -0.2) is 8.42 Å². The third kappa shape index (κ3) is 5.64. The molecule has 1 N–H and O–H groups in total. The minimum absolute atomic E-state index is 0.141. The van der Waals surface area contributed by atoms with E-state index in [0.717, 1.165) is 16.9 Å². The molecule has 1 aliphatic heterocycles. The van der Waals surface area contributed by atoms with E-state index in [2.05, 4.69) is 10.2 Å². The van der Waals surface area contributed by atoms with Crippen LogP contribution < -0.4 is 10.1 Å². The Balaban J connectivity index is 1.28. The van der Waals surface area contributed by atoms with E-state index in [9.17, 15) is 13.2 Å². The standard InChI is InChI=1S/C26H29N3O4S/c1-33-25-10-6-5-7-23(25)19-27-26(30)22-13-11-21(12-14-22)20-28-15-17-29(18-16-28)34(31,32)24-8-3-2-4-9-24/h2-14H,15-20H2,1H3,(H,27,30). The van der Waals surface area contributed by atoms with Gasteiger partial charge < -0.3 is 10.1 Å². The second kappa shape index (κ2) is 10.8. The number of amides is 1. The normalized spacial score (nSPS) is 15.1. The van der Waals surface area contributed by atoms with Gasteiger partial charge in [-0.3, -0.25) is 9.69 Å². The summed E-state index contributed by atoms with van der Waals surface area (Å²) in [6, 6.07) is 23.7. The Labute approximate surface area is 201 Å². The number of ether oxygens (including phenoxy) is 1. The molecule has 1 aliphatic rings. The van der Waals surface area contributed by atoms with Crippen LogP contribution >= 0.6 is 0 Å². The largest absolute Gasteiger partial charge is 0.496 e. The Morgan fingerprint density at radius 1 is 0.882 bits per heavy atom. The number of carbonyl (C=O) groups is 1. The zero-order valence-corrected chi connectivity index (χ0v) is 20.0. The molecule has 8 heteroatoms. The molecular weight excluding hydrogens is 450 g/mol. The number of benzene rings is 3. The number of methoxy groups -OCH3 is 1. The third-order valence-electron chi connectivity index (χ3n) is 5.97. The molecule has 0 atom stereocenters. The Bertz CT molecular complexity index is 1210. The summed E-state index contributed by atoms with van der Waals surface area (Å²) in [5.41, 5.74) is 2.60. The van der Waals surface area contributed by atoms with Crippen LogP contribution in [0.15, 0.2) is 83.8 Å². The van der Waals surface area contributed by atoms with Gasteiger partial charge in [-0.05, 0) is 35.9 Å². The molecule has 0 spiro atoms. The van der Waals surface area contributed by atoms with Crippen LogP contribution in [-0.4, -0.2) is 56.8 Å². The summed E-state index contributed by atoms with van der Waals surface area (Å²) in [4.78, 5) is 15.1. The molecule has 3 aromatic rings. The number of hydrogen-bond donors (Lipinski definition) is 1. The van der Waals surface area contributed by atoms with Crippen LogP contribution in [-0.2, 0) is 23.1 Å². The second-order valence-electron chi connectivity index (χ2n) is 8.18. The predicted octanol–water partition coefficient (Wildman–Crippen LogP) is 3.13. The fourth-order valence-corrected chi connectivity index (χ4v) is 5.46. The lowest BCUT2D eigenvalue weighted by atomic mass is 10.1. The van der Waals surface area contributed by atoms with Crippen LogP contribution in [0.4, 0.5) is 0 Å². The number of nitrogens with zero attached hydrogens (tertiary/aromatic N) is 2. The van der Waals surface area contributed by atoms with Crippen molar-refractivity contribution >= 4 is 15.9 Å². The first-order valence-corrected chi connectivity index (χ1v) is 12.7. The van der Waals surface area contributed by atoms with Gasteiger partial charge in [0, 0.05) is 50.4 Å². The van der Waals surface area contributed by atoms with E-state index in [4.69, 9.17) is 4.74 Å². The molecule has 1 heterocycles. The van der Waals surface area contributed by atoms with E-state index in [0.29, 0.717) is 49.7 Å². The summed E-state index contributed by atoms with van der Waals surface area (Å²) >= 11 is 0. The molecule has 0 bridgehead atoms. The van der Waals surface area contributed by atoms with Crippen molar-refractivity contribution in [1.29, 1.82) is 0 Å². The van der Waals surface area contributed by atoms with Crippen molar-refractivity contribution in [2.24, 2.45) is 0 Å². The lowest BCUT2D eigenvalue weighted by molar-refractivity contribution is 0.0950. The summed E-state index contributed by atoms with van der Waals surface area (Å²) in [7, 11) is -1.84. The van der Waals surface area contributed by atoms with E-state index in [1.165, 1.54) is 0 Å². The summed E-state index contributed by atoms with van der Waals surface area (Å²) in [5, 5.41) is 2.93. The zero-order chi connectivity index (χ0) is 24.0. The molecule has 34 heavy (non-hydrogen) atoms. The maximum atomic E-state index is 12.8. The number of nitrogens with one attached hydrogen (secondary N) is 1. The molecule has 0 aliphatic carbocycles. The van der Waals surface area contributed by atoms with Gasteiger partial charge in [0.1, 0.15) is 5.75 Å². The fourth-order valence-electron chi connectivity index (χ4n) is 4.02. The fraction of sp³-hybridized carbons (Fsp3) is 0.269. The van der Waals surface area contributed by atoms with Crippen molar-refractivity contribution in [3.8, 4) is 5.75 Å². The van der Waals surface area contributed by atoms with Crippen LogP contribution in [0.25, 0.3) is 0 Å². The van der Waals surface area contributed by atoms with Crippen molar-refractivity contribution in [3.05, 3.63) is 95.6 Å². The van der Waals surface area contributed by atoms with E-state index in [1.54, 1.807) is 35.7 Å². The van der Waals surface area contributed by atoms with Crippen LogP contribution in [0.3, 0.4) is 0 Å². The van der Waals surface area contributed by atoms with Crippen molar-refractivity contribution in [2.45, 2.75) is 18.0 Å². The molecule has 0 radical (unpaired) electrons. The maximum absolute atomic E-state index is 12.8. The highest BCUT2D eigenvalue weighted by Gasteiger charge is 2.28. The number of rotatable bonds is 8. The van der Waals surface area contributed by atoms with Crippen LogP contribution in [0.1, 0.15) is 21.5 Å². The topological polar surface area (TPSA) is 79.0 Å². The molecule has 7 nitrogen and oxygen atoms in total. The molecule has 3 aromatic carbocycles. The Hall–Kier alpha value is -3.20. The lowest BCUT2D eigenvalue weighted by Crippen LogP contribution is -2.48. The summed E-state index contributed by atoms with van der Waals surface area (Å²) in [6.45, 7) is 3.34. The molecule has 0 saturated carbocycles. The molecule has 1 amide bonds. The quantitative estimate of drug-likeness (QED) is 0.537. The number of carbonyl (C=O) groups excluding carboxylic acids is 1. The zero-order valence-electron chi connectivity index (χ0n) is 19.2.